The molecule has 18 heavy (non-hydrogen) atoms. The van der Waals surface area contributed by atoms with Crippen LogP contribution in [0.25, 0.3) is 0 Å². The predicted octanol–water partition coefficient (Wildman–Crippen LogP) is 1.13. The SMILES string of the molecule is CC(=O)OC[C@@H]1C=C[C@@H]2OC(C)=C(C(C)=O)[C@@H]2O1. The summed E-state index contributed by atoms with van der Waals surface area (Å²) in [4.78, 5) is 22.3. The minimum atomic E-state index is -0.395. The van der Waals surface area contributed by atoms with Gasteiger partial charge in [0.2, 0.25) is 0 Å². The molecule has 0 saturated carbocycles. The topological polar surface area (TPSA) is 61.8 Å². The summed E-state index contributed by atoms with van der Waals surface area (Å²) in [6, 6.07) is 0. The average Bonchev–Trinajstić information content (AvgIpc) is 2.61. The highest BCUT2D eigenvalue weighted by Gasteiger charge is 2.40. The van der Waals surface area contributed by atoms with Crippen LogP contribution in [0.1, 0.15) is 20.8 Å². The monoisotopic (exact) mass is 252 g/mol. The van der Waals surface area contributed by atoms with Crippen LogP contribution in [-0.2, 0) is 23.8 Å². The van der Waals surface area contributed by atoms with Gasteiger partial charge in [-0.1, -0.05) is 6.08 Å². The van der Waals surface area contributed by atoms with Crippen LogP contribution in [0, 0.1) is 0 Å². The van der Waals surface area contributed by atoms with Gasteiger partial charge >= 0.3 is 5.97 Å². The predicted molar refractivity (Wildman–Crippen MR) is 62.7 cm³/mol. The molecule has 2 rings (SSSR count). The van der Waals surface area contributed by atoms with Gasteiger partial charge in [-0.2, -0.15) is 0 Å². The lowest BCUT2D eigenvalue weighted by atomic mass is 10.00. The molecule has 0 aromatic rings. The van der Waals surface area contributed by atoms with E-state index in [0.717, 1.165) is 0 Å². The molecule has 2 aliphatic rings. The van der Waals surface area contributed by atoms with E-state index < -0.39 is 6.10 Å². The van der Waals surface area contributed by atoms with E-state index in [1.165, 1.54) is 13.8 Å². The molecule has 0 saturated heterocycles. The molecule has 0 spiro atoms. The number of Topliss-reactive ketones (excluding diaryl/α,β-unsaturated/α-hetero) is 1. The van der Waals surface area contributed by atoms with E-state index in [4.69, 9.17) is 14.2 Å². The van der Waals surface area contributed by atoms with E-state index in [1.807, 2.05) is 6.08 Å². The summed E-state index contributed by atoms with van der Waals surface area (Å²) in [5.41, 5.74) is 0.567. The second kappa shape index (κ2) is 4.94. The van der Waals surface area contributed by atoms with Crippen molar-refractivity contribution in [1.82, 2.24) is 0 Å². The van der Waals surface area contributed by atoms with Crippen LogP contribution in [0.15, 0.2) is 23.5 Å². The molecule has 5 heteroatoms. The fourth-order valence-corrected chi connectivity index (χ4v) is 2.19. The van der Waals surface area contributed by atoms with Crippen molar-refractivity contribution in [2.75, 3.05) is 6.61 Å². The van der Waals surface area contributed by atoms with Crippen LogP contribution in [0.5, 0.6) is 0 Å². The molecule has 98 valence electrons. The second-order valence-corrected chi connectivity index (χ2v) is 4.39. The van der Waals surface area contributed by atoms with Gasteiger partial charge in [-0.05, 0) is 19.9 Å². The van der Waals surface area contributed by atoms with Crippen LogP contribution in [0.2, 0.25) is 0 Å². The average molecular weight is 252 g/mol. The van der Waals surface area contributed by atoms with Crippen LogP contribution >= 0.6 is 0 Å². The lowest BCUT2D eigenvalue weighted by Gasteiger charge is -2.27. The first kappa shape index (κ1) is 12.8. The second-order valence-electron chi connectivity index (χ2n) is 4.39. The quantitative estimate of drug-likeness (QED) is 0.556. The lowest BCUT2D eigenvalue weighted by molar-refractivity contribution is -0.146. The number of carbonyl (C=O) groups excluding carboxylic acids is 2. The zero-order chi connectivity index (χ0) is 13.3. The van der Waals surface area contributed by atoms with Crippen molar-refractivity contribution in [1.29, 1.82) is 0 Å². The molecular weight excluding hydrogens is 236 g/mol. The van der Waals surface area contributed by atoms with Gasteiger partial charge in [-0.25, -0.2) is 0 Å². The Kier molecular flexibility index (Phi) is 3.52. The van der Waals surface area contributed by atoms with Gasteiger partial charge in [-0.15, -0.1) is 0 Å². The summed E-state index contributed by atoms with van der Waals surface area (Å²) in [7, 11) is 0. The minimum absolute atomic E-state index is 0.0541. The third kappa shape index (κ3) is 2.46. The van der Waals surface area contributed by atoms with E-state index in [0.29, 0.717) is 11.3 Å². The Balaban J connectivity index is 2.07. The maximum absolute atomic E-state index is 11.6. The van der Waals surface area contributed by atoms with Crippen molar-refractivity contribution < 1.29 is 23.8 Å². The number of hydrogen-bond acceptors (Lipinski definition) is 5. The molecule has 0 bridgehead atoms. The minimum Gasteiger partial charge on any atom is -0.487 e. The molecule has 3 atom stereocenters. The number of allylic oxidation sites excluding steroid dienone is 1. The largest absolute Gasteiger partial charge is 0.487 e. The van der Waals surface area contributed by atoms with E-state index in [-0.39, 0.29) is 30.6 Å². The zero-order valence-electron chi connectivity index (χ0n) is 10.6. The first-order valence-electron chi connectivity index (χ1n) is 5.84. The van der Waals surface area contributed by atoms with Gasteiger partial charge in [0, 0.05) is 6.92 Å². The molecular formula is C13H16O5. The summed E-state index contributed by atoms with van der Waals surface area (Å²) in [6.07, 6.45) is 2.66. The van der Waals surface area contributed by atoms with Crippen molar-refractivity contribution in [3.8, 4) is 0 Å². The number of ketones is 1. The molecule has 0 radical (unpaired) electrons. The molecule has 0 aromatic heterocycles. The first-order chi connectivity index (χ1) is 8.49. The van der Waals surface area contributed by atoms with Gasteiger partial charge < -0.3 is 14.2 Å². The Hall–Kier alpha value is -1.62. The highest BCUT2D eigenvalue weighted by Crippen LogP contribution is 2.32. The summed E-state index contributed by atoms with van der Waals surface area (Å²) in [6.45, 7) is 4.75. The number of ether oxygens (including phenoxy) is 3. The molecule has 5 nitrogen and oxygen atoms in total. The smallest absolute Gasteiger partial charge is 0.302 e. The Labute approximate surface area is 105 Å². The van der Waals surface area contributed by atoms with Crippen molar-refractivity contribution in [2.45, 2.75) is 39.1 Å². The summed E-state index contributed by atoms with van der Waals surface area (Å²) in [5.74, 6) is 0.201. The Morgan fingerprint density at radius 1 is 1.33 bits per heavy atom. The Morgan fingerprint density at radius 2 is 2.06 bits per heavy atom. The molecule has 2 heterocycles. The molecule has 0 fully saturated rings. The fraction of sp³-hybridized carbons (Fsp3) is 0.538. The first-order valence-corrected chi connectivity index (χ1v) is 5.84. The van der Waals surface area contributed by atoms with Gasteiger partial charge in [0.25, 0.3) is 0 Å². The van der Waals surface area contributed by atoms with E-state index in [2.05, 4.69) is 0 Å². The third-order valence-corrected chi connectivity index (χ3v) is 2.94. The zero-order valence-corrected chi connectivity index (χ0v) is 10.6. The maximum atomic E-state index is 11.6. The highest BCUT2D eigenvalue weighted by molar-refractivity contribution is 5.95. The van der Waals surface area contributed by atoms with E-state index >= 15 is 0 Å². The summed E-state index contributed by atoms with van der Waals surface area (Å²) < 4.78 is 16.2. The molecule has 0 aromatic carbocycles. The lowest BCUT2D eigenvalue weighted by Crippen LogP contribution is -2.37. The maximum Gasteiger partial charge on any atom is 0.302 e. The van der Waals surface area contributed by atoms with Gasteiger partial charge in [0.1, 0.15) is 30.7 Å². The van der Waals surface area contributed by atoms with Crippen LogP contribution in [0.4, 0.5) is 0 Å². The standard InChI is InChI=1S/C13H16O5/c1-7(14)12-8(2)17-11-5-4-10(18-13(11)12)6-16-9(3)15/h4-5,10-11,13H,6H2,1-3H3/t10-,11-,13+/m0/s1. The van der Waals surface area contributed by atoms with Crippen molar-refractivity contribution in [3.05, 3.63) is 23.5 Å². The summed E-state index contributed by atoms with van der Waals surface area (Å²) >= 11 is 0. The van der Waals surface area contributed by atoms with Gasteiger partial charge in [0.15, 0.2) is 5.78 Å². The van der Waals surface area contributed by atoms with Crippen molar-refractivity contribution in [2.24, 2.45) is 0 Å². The molecule has 2 aliphatic heterocycles. The Morgan fingerprint density at radius 3 is 2.67 bits per heavy atom. The molecule has 0 N–H and O–H groups in total. The van der Waals surface area contributed by atoms with Crippen LogP contribution in [0.3, 0.4) is 0 Å². The van der Waals surface area contributed by atoms with Crippen molar-refractivity contribution >= 4 is 11.8 Å². The van der Waals surface area contributed by atoms with E-state index in [1.54, 1.807) is 13.0 Å². The third-order valence-electron chi connectivity index (χ3n) is 2.94. The summed E-state index contributed by atoms with van der Waals surface area (Å²) in [5, 5.41) is 0. The number of hydrogen-bond donors (Lipinski definition) is 0. The number of fused-ring (bicyclic) bond motifs is 1. The van der Waals surface area contributed by atoms with E-state index in [9.17, 15) is 9.59 Å². The normalized spacial score (nSPS) is 29.8. The molecule has 0 amide bonds. The van der Waals surface area contributed by atoms with Crippen LogP contribution < -0.4 is 0 Å². The number of carbonyl (C=O) groups is 2. The molecule has 0 aliphatic carbocycles. The van der Waals surface area contributed by atoms with Crippen molar-refractivity contribution in [3.63, 3.8) is 0 Å². The highest BCUT2D eigenvalue weighted by atomic mass is 16.6. The van der Waals surface area contributed by atoms with Gasteiger partial charge in [0.05, 0.1) is 5.57 Å². The Bertz CT molecular complexity index is 435. The number of rotatable bonds is 3. The number of esters is 1. The van der Waals surface area contributed by atoms with Crippen LogP contribution in [-0.4, -0.2) is 36.7 Å². The fourth-order valence-electron chi connectivity index (χ4n) is 2.19. The molecule has 0 unspecified atom stereocenters. The van der Waals surface area contributed by atoms with Gasteiger partial charge in [-0.3, -0.25) is 9.59 Å².